The van der Waals surface area contributed by atoms with Crippen LogP contribution in [0.3, 0.4) is 0 Å². The molecule has 0 saturated carbocycles. The third kappa shape index (κ3) is 6.20. The molecule has 1 aromatic carbocycles. The fourth-order valence-electron chi connectivity index (χ4n) is 1.69. The molecule has 0 spiro atoms. The first kappa shape index (κ1) is 21.2. The first-order valence-corrected chi connectivity index (χ1v) is 8.20. The first-order valence-electron chi connectivity index (χ1n) is 6.72. The van der Waals surface area contributed by atoms with Crippen molar-refractivity contribution in [3.63, 3.8) is 0 Å². The average Bonchev–Trinajstić information content (AvgIpc) is 2.45. The van der Waals surface area contributed by atoms with Gasteiger partial charge in [-0.25, -0.2) is 13.1 Å². The molecule has 25 heavy (non-hydrogen) atoms. The Balaban J connectivity index is 3.15. The van der Waals surface area contributed by atoms with E-state index in [4.69, 9.17) is 0 Å². The second-order valence-electron chi connectivity index (χ2n) is 4.69. The van der Waals surface area contributed by atoms with Gasteiger partial charge in [-0.1, -0.05) is 0 Å². The number of hydrogen-bond donors (Lipinski definition) is 1. The quantitative estimate of drug-likeness (QED) is 0.596. The minimum absolute atomic E-state index is 0.0359. The molecule has 5 nitrogen and oxygen atoms in total. The van der Waals surface area contributed by atoms with Gasteiger partial charge < -0.3 is 4.74 Å². The number of benzene rings is 1. The Morgan fingerprint density at radius 3 is 1.92 bits per heavy atom. The van der Waals surface area contributed by atoms with Gasteiger partial charge in [-0.2, -0.15) is 26.3 Å². The zero-order valence-corrected chi connectivity index (χ0v) is 13.5. The molecule has 0 aromatic heterocycles. The standard InChI is InChI=1S/C13H13F6NO4S/c1-2-24-11(21)3-4-20-25(22,23)10-6-8(12(14,15)16)5-9(7-10)13(17,18)19/h5-7,20H,2-4H2,1H3. The van der Waals surface area contributed by atoms with Gasteiger partial charge >= 0.3 is 18.3 Å². The summed E-state index contributed by atoms with van der Waals surface area (Å²) in [6.45, 7) is 0.996. The van der Waals surface area contributed by atoms with Crippen LogP contribution < -0.4 is 4.72 Å². The smallest absolute Gasteiger partial charge is 0.416 e. The van der Waals surface area contributed by atoms with E-state index in [2.05, 4.69) is 4.74 Å². The maximum Gasteiger partial charge on any atom is 0.416 e. The van der Waals surface area contributed by atoms with E-state index in [1.807, 2.05) is 0 Å². The molecule has 0 fully saturated rings. The number of carbonyl (C=O) groups excluding carboxylic acids is 1. The number of alkyl halides is 6. The second-order valence-corrected chi connectivity index (χ2v) is 6.46. The maximum atomic E-state index is 12.7. The fraction of sp³-hybridized carbons (Fsp3) is 0.462. The Kier molecular flexibility index (Phi) is 6.45. The number of hydrogen-bond acceptors (Lipinski definition) is 4. The van der Waals surface area contributed by atoms with Crippen LogP contribution in [0.15, 0.2) is 23.1 Å². The van der Waals surface area contributed by atoms with Crippen LogP contribution in [0.2, 0.25) is 0 Å². The van der Waals surface area contributed by atoms with Crippen molar-refractivity contribution in [1.29, 1.82) is 0 Å². The monoisotopic (exact) mass is 393 g/mol. The van der Waals surface area contributed by atoms with Gasteiger partial charge in [0, 0.05) is 6.54 Å². The van der Waals surface area contributed by atoms with Crippen LogP contribution in [-0.2, 0) is 31.9 Å². The number of sulfonamides is 1. The van der Waals surface area contributed by atoms with Crippen molar-refractivity contribution in [3.05, 3.63) is 29.3 Å². The summed E-state index contributed by atoms with van der Waals surface area (Å²) in [5, 5.41) is 0. The minimum atomic E-state index is -5.17. The predicted molar refractivity (Wildman–Crippen MR) is 72.9 cm³/mol. The van der Waals surface area contributed by atoms with E-state index >= 15 is 0 Å². The Labute approximate surface area is 139 Å². The molecular weight excluding hydrogens is 380 g/mol. The van der Waals surface area contributed by atoms with Crippen molar-refractivity contribution in [2.75, 3.05) is 13.2 Å². The van der Waals surface area contributed by atoms with Crippen LogP contribution in [0, 0.1) is 0 Å². The van der Waals surface area contributed by atoms with E-state index in [-0.39, 0.29) is 24.8 Å². The maximum absolute atomic E-state index is 12.7. The molecule has 0 aliphatic carbocycles. The van der Waals surface area contributed by atoms with E-state index in [1.54, 1.807) is 4.72 Å². The topological polar surface area (TPSA) is 72.5 Å². The molecule has 0 aliphatic heterocycles. The lowest BCUT2D eigenvalue weighted by Crippen LogP contribution is -2.27. The van der Waals surface area contributed by atoms with Crippen LogP contribution in [0.1, 0.15) is 24.5 Å². The average molecular weight is 393 g/mol. The molecule has 0 radical (unpaired) electrons. The van der Waals surface area contributed by atoms with Crippen molar-refractivity contribution in [3.8, 4) is 0 Å². The molecule has 1 aromatic rings. The molecule has 0 heterocycles. The molecule has 142 valence electrons. The van der Waals surface area contributed by atoms with Crippen LogP contribution in [0.5, 0.6) is 0 Å². The number of rotatable bonds is 6. The highest BCUT2D eigenvalue weighted by Gasteiger charge is 2.38. The molecule has 1 rings (SSSR count). The van der Waals surface area contributed by atoms with Crippen LogP contribution in [-0.4, -0.2) is 27.5 Å². The molecule has 0 aliphatic rings. The van der Waals surface area contributed by atoms with E-state index < -0.39 is 57.3 Å². The van der Waals surface area contributed by atoms with Crippen LogP contribution in [0.4, 0.5) is 26.3 Å². The molecule has 0 saturated heterocycles. The summed E-state index contributed by atoms with van der Waals surface area (Å²) in [7, 11) is -4.69. The molecule has 0 amide bonds. The Morgan fingerprint density at radius 1 is 1.04 bits per heavy atom. The lowest BCUT2D eigenvalue weighted by Gasteiger charge is -2.14. The van der Waals surface area contributed by atoms with E-state index in [1.165, 1.54) is 6.92 Å². The van der Waals surface area contributed by atoms with Gasteiger partial charge in [-0.3, -0.25) is 4.79 Å². The van der Waals surface area contributed by atoms with Crippen LogP contribution in [0.25, 0.3) is 0 Å². The van der Waals surface area contributed by atoms with E-state index in [0.29, 0.717) is 0 Å². The van der Waals surface area contributed by atoms with Gasteiger partial charge in [0.2, 0.25) is 10.0 Å². The molecular formula is C13H13F6NO4S. The van der Waals surface area contributed by atoms with E-state index in [9.17, 15) is 39.6 Å². The summed E-state index contributed by atoms with van der Waals surface area (Å²) < 4.78 is 106. The molecule has 0 atom stereocenters. The molecule has 12 heteroatoms. The van der Waals surface area contributed by atoms with Gasteiger partial charge in [-0.05, 0) is 25.1 Å². The lowest BCUT2D eigenvalue weighted by molar-refractivity contribution is -0.144. The van der Waals surface area contributed by atoms with Crippen molar-refractivity contribution in [1.82, 2.24) is 4.72 Å². The number of carbonyl (C=O) groups is 1. The lowest BCUT2D eigenvalue weighted by atomic mass is 10.1. The number of nitrogens with one attached hydrogen (secondary N) is 1. The minimum Gasteiger partial charge on any atom is -0.466 e. The Morgan fingerprint density at radius 2 is 1.52 bits per heavy atom. The third-order valence-corrected chi connectivity index (χ3v) is 4.24. The molecule has 0 bridgehead atoms. The largest absolute Gasteiger partial charge is 0.466 e. The Bertz CT molecular complexity index is 695. The summed E-state index contributed by atoms with van der Waals surface area (Å²) >= 11 is 0. The van der Waals surface area contributed by atoms with Crippen LogP contribution >= 0.6 is 0 Å². The fourth-order valence-corrected chi connectivity index (χ4v) is 2.79. The van der Waals surface area contributed by atoms with Gasteiger partial charge in [0.05, 0.1) is 29.1 Å². The highest BCUT2D eigenvalue weighted by atomic mass is 32.2. The summed E-state index contributed by atoms with van der Waals surface area (Å²) in [5.41, 5.74) is -3.51. The predicted octanol–water partition coefficient (Wildman–Crippen LogP) is 2.96. The number of esters is 1. The number of ether oxygens (including phenoxy) is 1. The summed E-state index contributed by atoms with van der Waals surface area (Å²) in [6, 6.07) is -0.0124. The van der Waals surface area contributed by atoms with Gasteiger partial charge in [0.1, 0.15) is 0 Å². The third-order valence-electron chi connectivity index (χ3n) is 2.80. The number of halogens is 6. The van der Waals surface area contributed by atoms with Crippen molar-refractivity contribution >= 4 is 16.0 Å². The Hall–Kier alpha value is -1.82. The first-order chi connectivity index (χ1) is 11.3. The van der Waals surface area contributed by atoms with Gasteiger partial charge in [0.15, 0.2) is 0 Å². The van der Waals surface area contributed by atoms with Crippen molar-refractivity contribution < 1.29 is 44.3 Å². The van der Waals surface area contributed by atoms with Gasteiger partial charge in [-0.15, -0.1) is 0 Å². The van der Waals surface area contributed by atoms with E-state index in [0.717, 1.165) is 0 Å². The van der Waals surface area contributed by atoms with Gasteiger partial charge in [0.25, 0.3) is 0 Å². The zero-order chi connectivity index (χ0) is 19.5. The van der Waals surface area contributed by atoms with Crippen molar-refractivity contribution in [2.45, 2.75) is 30.6 Å². The van der Waals surface area contributed by atoms with Crippen molar-refractivity contribution in [2.24, 2.45) is 0 Å². The molecule has 0 unspecified atom stereocenters. The highest BCUT2D eigenvalue weighted by molar-refractivity contribution is 7.89. The zero-order valence-electron chi connectivity index (χ0n) is 12.7. The normalized spacial score (nSPS) is 12.9. The summed E-state index contributed by atoms with van der Waals surface area (Å²) in [4.78, 5) is 9.87. The summed E-state index contributed by atoms with van der Waals surface area (Å²) in [5.74, 6) is -0.773. The highest BCUT2D eigenvalue weighted by Crippen LogP contribution is 2.37. The second kappa shape index (κ2) is 7.60. The molecule has 1 N–H and O–H groups in total. The SMILES string of the molecule is CCOC(=O)CCNS(=O)(=O)c1cc(C(F)(F)F)cc(C(F)(F)F)c1. The summed E-state index contributed by atoms with van der Waals surface area (Å²) in [6.07, 6.45) is -10.8.